The van der Waals surface area contributed by atoms with Gasteiger partial charge in [-0.15, -0.1) is 0 Å². The largest absolute Gasteiger partial charge is 0.545 e. The Bertz CT molecular complexity index is 468. The minimum atomic E-state index is -3.96. The van der Waals surface area contributed by atoms with Gasteiger partial charge in [0.05, 0.1) is 10.9 Å². The molecule has 0 fully saturated rings. The van der Waals surface area contributed by atoms with E-state index in [0.29, 0.717) is 0 Å². The van der Waals surface area contributed by atoms with Crippen LogP contribution in [0, 0.1) is 0 Å². The number of halogens is 1. The van der Waals surface area contributed by atoms with Gasteiger partial charge in [0, 0.05) is 11.8 Å². The fourth-order valence-electron chi connectivity index (χ4n) is 0.864. The summed E-state index contributed by atoms with van der Waals surface area (Å²) in [5.41, 5.74) is -0.132. The minimum Gasteiger partial charge on any atom is -0.545 e. The number of sulfonamides is 1. The molecule has 0 bridgehead atoms. The zero-order valence-corrected chi connectivity index (χ0v) is 8.83. The number of hydrazine groups is 1. The summed E-state index contributed by atoms with van der Waals surface area (Å²) in [5.74, 6) is 3.49. The summed E-state index contributed by atoms with van der Waals surface area (Å²) in [7, 11) is -3.96. The maximum atomic E-state index is 11.3. The van der Waals surface area contributed by atoms with E-state index in [2.05, 4.69) is 0 Å². The summed E-state index contributed by atoms with van der Waals surface area (Å²) < 4.78 is 22.7. The zero-order valence-electron chi connectivity index (χ0n) is 7.25. The van der Waals surface area contributed by atoms with Gasteiger partial charge in [-0.1, -0.05) is 12.1 Å². The fourth-order valence-corrected chi connectivity index (χ4v) is 1.78. The number of nitrogens with two attached hydrogens (primary N) is 1. The Hall–Kier alpha value is -1.15. The van der Waals surface area contributed by atoms with Gasteiger partial charge in [-0.05, 0) is 21.6 Å². The molecule has 0 amide bonds. The average molecular weight is 250 g/mol. The zero-order chi connectivity index (χ0) is 11.6. The molecule has 0 radical (unpaired) electrons. The Morgan fingerprint density at radius 3 is 2.13 bits per heavy atom. The van der Waals surface area contributed by atoms with Crippen LogP contribution in [0.3, 0.4) is 0 Å². The second-order valence-corrected chi connectivity index (χ2v) is 4.94. The van der Waals surface area contributed by atoms with Crippen molar-refractivity contribution >= 4 is 27.8 Å². The number of carbonyl (C=O) groups excluding carboxylic acids is 1. The van der Waals surface area contributed by atoms with Gasteiger partial charge in [-0.2, -0.15) is 0 Å². The second-order valence-electron chi connectivity index (χ2n) is 2.56. The molecule has 1 rings (SSSR count). The third-order valence-corrected chi connectivity index (χ3v) is 3.49. The molecule has 0 saturated carbocycles. The highest BCUT2D eigenvalue weighted by molar-refractivity contribution is 7.90. The minimum absolute atomic E-state index is 0.0288. The number of benzene rings is 1. The first-order valence-corrected chi connectivity index (χ1v) is 5.41. The van der Waals surface area contributed by atoms with E-state index in [1.807, 2.05) is 0 Å². The normalized spacial score (nSPS) is 11.7. The van der Waals surface area contributed by atoms with Crippen molar-refractivity contribution in [1.82, 2.24) is 3.93 Å². The van der Waals surface area contributed by atoms with Gasteiger partial charge in [-0.3, -0.25) is 0 Å². The molecule has 0 aliphatic heterocycles. The van der Waals surface area contributed by atoms with E-state index in [0.717, 1.165) is 24.3 Å². The summed E-state index contributed by atoms with van der Waals surface area (Å²) >= 11 is 5.10. The molecule has 0 heterocycles. The van der Waals surface area contributed by atoms with Crippen LogP contribution < -0.4 is 10.9 Å². The number of carboxylic acids is 1. The molecule has 0 unspecified atom stereocenters. The van der Waals surface area contributed by atoms with Crippen molar-refractivity contribution in [1.29, 1.82) is 0 Å². The Balaban J connectivity index is 3.15. The van der Waals surface area contributed by atoms with E-state index in [1.165, 1.54) is 0 Å². The topological polar surface area (TPSA) is 104 Å². The first-order valence-electron chi connectivity index (χ1n) is 3.63. The van der Waals surface area contributed by atoms with E-state index in [4.69, 9.17) is 17.6 Å². The van der Waals surface area contributed by atoms with Crippen molar-refractivity contribution in [3.8, 4) is 0 Å². The maximum absolute atomic E-state index is 11.3. The van der Waals surface area contributed by atoms with Gasteiger partial charge in [0.15, 0.2) is 0 Å². The maximum Gasteiger partial charge on any atom is 0.269 e. The average Bonchev–Trinajstić information content (AvgIpc) is 2.17. The standard InChI is InChI=1S/C7H7ClN2O4S/c8-10(9)15(13,14)6-3-1-5(2-4-6)7(11)12/h1-4H,9H2,(H,11,12)/p-1. The first-order chi connectivity index (χ1) is 6.85. The summed E-state index contributed by atoms with van der Waals surface area (Å²) in [6.45, 7) is 0. The van der Waals surface area contributed by atoms with Gasteiger partial charge >= 0.3 is 0 Å². The lowest BCUT2D eigenvalue weighted by atomic mass is 10.2. The van der Waals surface area contributed by atoms with Crippen molar-refractivity contribution in [3.05, 3.63) is 29.8 Å². The number of hydrogen-bond acceptors (Lipinski definition) is 5. The van der Waals surface area contributed by atoms with Gasteiger partial charge < -0.3 is 9.90 Å². The lowest BCUT2D eigenvalue weighted by molar-refractivity contribution is -0.255. The number of aromatic carboxylic acids is 1. The lowest BCUT2D eigenvalue weighted by Crippen LogP contribution is -2.28. The molecule has 1 aromatic rings. The summed E-state index contributed by atoms with van der Waals surface area (Å²) in [5, 5.41) is 10.4. The third-order valence-electron chi connectivity index (χ3n) is 1.62. The second kappa shape index (κ2) is 4.15. The molecule has 0 atom stereocenters. The number of nitrogens with zero attached hydrogens (tertiary/aromatic N) is 1. The van der Waals surface area contributed by atoms with Crippen LogP contribution in [0.5, 0.6) is 0 Å². The SMILES string of the molecule is NN(Cl)S(=O)(=O)c1ccc(C(=O)[O-])cc1. The van der Waals surface area contributed by atoms with Crippen molar-refractivity contribution in [3.63, 3.8) is 0 Å². The molecule has 1 aromatic carbocycles. The Morgan fingerprint density at radius 1 is 1.33 bits per heavy atom. The van der Waals surface area contributed by atoms with Gasteiger partial charge in [0.1, 0.15) is 0 Å². The van der Waals surface area contributed by atoms with Crippen LogP contribution in [-0.2, 0) is 10.0 Å². The molecular weight excluding hydrogens is 244 g/mol. The van der Waals surface area contributed by atoms with Crippen LogP contribution >= 0.6 is 11.8 Å². The molecule has 82 valence electrons. The monoisotopic (exact) mass is 249 g/mol. The Kier molecular flexibility index (Phi) is 3.30. The molecular formula is C7H6ClN2O4S-. The Morgan fingerprint density at radius 2 is 1.80 bits per heavy atom. The molecule has 6 nitrogen and oxygen atoms in total. The van der Waals surface area contributed by atoms with Crippen LogP contribution in [0.25, 0.3) is 0 Å². The highest BCUT2D eigenvalue weighted by Gasteiger charge is 2.19. The quantitative estimate of drug-likeness (QED) is 0.423. The molecule has 0 spiro atoms. The fraction of sp³-hybridized carbons (Fsp3) is 0. The van der Waals surface area contributed by atoms with Crippen molar-refractivity contribution < 1.29 is 18.3 Å². The van der Waals surface area contributed by atoms with Crippen LogP contribution in [0.1, 0.15) is 10.4 Å². The smallest absolute Gasteiger partial charge is 0.269 e. The third kappa shape index (κ3) is 2.45. The van der Waals surface area contributed by atoms with Crippen molar-refractivity contribution in [2.24, 2.45) is 5.84 Å². The lowest BCUT2D eigenvalue weighted by Gasteiger charge is -2.08. The van der Waals surface area contributed by atoms with Gasteiger partial charge in [0.25, 0.3) is 10.0 Å². The van der Waals surface area contributed by atoms with E-state index in [1.54, 1.807) is 0 Å². The van der Waals surface area contributed by atoms with E-state index < -0.39 is 16.0 Å². The number of carboxylic acid groups (broad SMARTS) is 1. The number of hydrogen-bond donors (Lipinski definition) is 1. The first kappa shape index (κ1) is 11.9. The molecule has 15 heavy (non-hydrogen) atoms. The van der Waals surface area contributed by atoms with E-state index in [9.17, 15) is 18.3 Å². The van der Waals surface area contributed by atoms with E-state index in [-0.39, 0.29) is 14.4 Å². The van der Waals surface area contributed by atoms with Crippen LogP contribution in [0.4, 0.5) is 0 Å². The predicted octanol–water partition coefficient (Wildman–Crippen LogP) is -0.932. The highest BCUT2D eigenvalue weighted by Crippen LogP contribution is 2.14. The summed E-state index contributed by atoms with van der Waals surface area (Å²) in [4.78, 5) is 10.2. The molecule has 8 heteroatoms. The van der Waals surface area contributed by atoms with Gasteiger partial charge in [-0.25, -0.2) is 14.3 Å². The summed E-state index contributed by atoms with van der Waals surface area (Å²) in [6, 6.07) is 4.32. The van der Waals surface area contributed by atoms with Crippen molar-refractivity contribution in [2.75, 3.05) is 0 Å². The van der Waals surface area contributed by atoms with E-state index >= 15 is 0 Å². The van der Waals surface area contributed by atoms with Crippen LogP contribution in [0.2, 0.25) is 0 Å². The van der Waals surface area contributed by atoms with Gasteiger partial charge in [0.2, 0.25) is 0 Å². The molecule has 0 saturated heterocycles. The number of carbonyl (C=O) groups is 1. The van der Waals surface area contributed by atoms with Crippen molar-refractivity contribution in [2.45, 2.75) is 4.90 Å². The van der Waals surface area contributed by atoms with Crippen LogP contribution in [-0.4, -0.2) is 18.3 Å². The Labute approximate surface area is 91.0 Å². The highest BCUT2D eigenvalue weighted by atomic mass is 35.5. The molecule has 0 aromatic heterocycles. The molecule has 0 aliphatic rings. The molecule has 2 N–H and O–H groups in total. The predicted molar refractivity (Wildman–Crippen MR) is 49.8 cm³/mol. The van der Waals surface area contributed by atoms with Crippen LogP contribution in [0.15, 0.2) is 29.2 Å². The summed E-state index contributed by atoms with van der Waals surface area (Å²) in [6.07, 6.45) is 0. The number of rotatable bonds is 3. The molecule has 0 aliphatic carbocycles.